The van der Waals surface area contributed by atoms with E-state index in [1.807, 2.05) is 19.1 Å². The number of aryl methyl sites for hydroxylation is 1. The Labute approximate surface area is 88.0 Å². The van der Waals surface area contributed by atoms with Crippen molar-refractivity contribution in [2.45, 2.75) is 27.7 Å². The molecule has 0 aromatic carbocycles. The van der Waals surface area contributed by atoms with Gasteiger partial charge in [-0.15, -0.1) is 0 Å². The van der Waals surface area contributed by atoms with Gasteiger partial charge in [0.1, 0.15) is 0 Å². The van der Waals surface area contributed by atoms with Gasteiger partial charge in [0.15, 0.2) is 0 Å². The first-order valence-corrected chi connectivity index (χ1v) is 5.33. The molecule has 1 aromatic rings. The molecular weight excluding hydrogens is 172 g/mol. The van der Waals surface area contributed by atoms with Crippen LogP contribution in [-0.4, -0.2) is 29.5 Å². The molecule has 0 radical (unpaired) electrons. The average molecular weight is 194 g/mol. The number of hydrogen-bond acceptors (Lipinski definition) is 2. The van der Waals surface area contributed by atoms with Gasteiger partial charge in [-0.3, -0.25) is 4.98 Å². The van der Waals surface area contributed by atoms with Crippen LogP contribution >= 0.6 is 0 Å². The number of nitrogens with zero attached hydrogens (tertiary/aromatic N) is 2. The van der Waals surface area contributed by atoms with Crippen molar-refractivity contribution in [1.29, 1.82) is 0 Å². The topological polar surface area (TPSA) is 16.1 Å². The van der Waals surface area contributed by atoms with Crippen LogP contribution in [0.3, 0.4) is 0 Å². The van der Waals surface area contributed by atoms with Crippen LogP contribution in [0.1, 0.15) is 26.3 Å². The fourth-order valence-corrected chi connectivity index (χ4v) is 1.10. The maximum absolute atomic E-state index is 3.85. The molecule has 1 rings (SSSR count). The van der Waals surface area contributed by atoms with E-state index in [4.69, 9.17) is 0 Å². The van der Waals surface area contributed by atoms with Crippen LogP contribution in [0.4, 0.5) is 0 Å². The monoisotopic (exact) mass is 194 g/mol. The SMILES string of the molecule is CCN(CC)CC.Cc1ccncc1. The standard InChI is InChI=1S/C6H7N.C6H15N/c1-6-2-4-7-5-3-6;1-4-7(5-2)6-3/h2-5H,1H3;4-6H2,1-3H3. The summed E-state index contributed by atoms with van der Waals surface area (Å²) in [5.74, 6) is 0. The second-order valence-corrected chi connectivity index (χ2v) is 3.14. The van der Waals surface area contributed by atoms with Crippen LogP contribution in [0, 0.1) is 6.92 Å². The molecule has 0 atom stereocenters. The molecule has 0 bridgehead atoms. The molecule has 2 heteroatoms. The third-order valence-corrected chi connectivity index (χ3v) is 2.19. The van der Waals surface area contributed by atoms with Gasteiger partial charge in [0.25, 0.3) is 0 Å². The molecule has 0 amide bonds. The maximum atomic E-state index is 3.85. The fourth-order valence-electron chi connectivity index (χ4n) is 1.10. The Bertz CT molecular complexity index is 199. The largest absolute Gasteiger partial charge is 0.304 e. The zero-order valence-electron chi connectivity index (χ0n) is 9.83. The van der Waals surface area contributed by atoms with E-state index >= 15 is 0 Å². The third-order valence-electron chi connectivity index (χ3n) is 2.19. The van der Waals surface area contributed by atoms with Gasteiger partial charge in [0.05, 0.1) is 0 Å². The number of aromatic nitrogens is 1. The summed E-state index contributed by atoms with van der Waals surface area (Å²) in [6, 6.07) is 3.94. The Morgan fingerprint density at radius 3 is 1.57 bits per heavy atom. The van der Waals surface area contributed by atoms with Gasteiger partial charge in [-0.05, 0) is 44.3 Å². The first-order valence-electron chi connectivity index (χ1n) is 5.33. The molecule has 1 aromatic heterocycles. The molecule has 0 unspecified atom stereocenters. The van der Waals surface area contributed by atoms with Crippen molar-refractivity contribution in [3.63, 3.8) is 0 Å². The fraction of sp³-hybridized carbons (Fsp3) is 0.583. The molecule has 80 valence electrons. The summed E-state index contributed by atoms with van der Waals surface area (Å²) in [6.45, 7) is 12.2. The lowest BCUT2D eigenvalue weighted by atomic mass is 10.3. The normalized spacial score (nSPS) is 9.50. The summed E-state index contributed by atoms with van der Waals surface area (Å²) < 4.78 is 0. The predicted molar refractivity (Wildman–Crippen MR) is 62.4 cm³/mol. The molecule has 0 spiro atoms. The molecule has 1 heterocycles. The minimum absolute atomic E-state index is 1.19. The summed E-state index contributed by atoms with van der Waals surface area (Å²) in [5.41, 5.74) is 1.26. The van der Waals surface area contributed by atoms with E-state index in [0.29, 0.717) is 0 Å². The minimum Gasteiger partial charge on any atom is -0.304 e. The second-order valence-electron chi connectivity index (χ2n) is 3.14. The van der Waals surface area contributed by atoms with Gasteiger partial charge in [-0.25, -0.2) is 0 Å². The summed E-state index contributed by atoms with van der Waals surface area (Å²) in [5, 5.41) is 0. The van der Waals surface area contributed by atoms with Crippen molar-refractivity contribution in [3.05, 3.63) is 30.1 Å². The van der Waals surface area contributed by atoms with Crippen LogP contribution < -0.4 is 0 Å². The van der Waals surface area contributed by atoms with E-state index in [1.165, 1.54) is 25.2 Å². The zero-order chi connectivity index (χ0) is 10.8. The van der Waals surface area contributed by atoms with Gasteiger partial charge in [-0.1, -0.05) is 20.8 Å². The quantitative estimate of drug-likeness (QED) is 0.735. The molecule has 0 aliphatic carbocycles. The molecule has 14 heavy (non-hydrogen) atoms. The van der Waals surface area contributed by atoms with Gasteiger partial charge in [0.2, 0.25) is 0 Å². The Morgan fingerprint density at radius 1 is 1.00 bits per heavy atom. The number of pyridine rings is 1. The predicted octanol–water partition coefficient (Wildman–Crippen LogP) is 2.74. The Morgan fingerprint density at radius 2 is 1.43 bits per heavy atom. The Balaban J connectivity index is 0.000000241. The van der Waals surface area contributed by atoms with Crippen molar-refractivity contribution in [1.82, 2.24) is 9.88 Å². The van der Waals surface area contributed by atoms with Gasteiger partial charge in [0, 0.05) is 12.4 Å². The third kappa shape index (κ3) is 6.61. The molecule has 0 N–H and O–H groups in total. The molecule has 0 saturated heterocycles. The molecule has 0 aliphatic heterocycles. The van der Waals surface area contributed by atoms with Crippen molar-refractivity contribution in [3.8, 4) is 0 Å². The second kappa shape index (κ2) is 8.70. The van der Waals surface area contributed by atoms with Crippen molar-refractivity contribution in [2.24, 2.45) is 0 Å². The van der Waals surface area contributed by atoms with Crippen LogP contribution in [0.15, 0.2) is 24.5 Å². The lowest BCUT2D eigenvalue weighted by Gasteiger charge is -2.13. The van der Waals surface area contributed by atoms with Crippen LogP contribution in [0.25, 0.3) is 0 Å². The van der Waals surface area contributed by atoms with Gasteiger partial charge in [-0.2, -0.15) is 0 Å². The van der Waals surface area contributed by atoms with E-state index < -0.39 is 0 Å². The average Bonchev–Trinajstić information content (AvgIpc) is 2.22. The van der Waals surface area contributed by atoms with Crippen molar-refractivity contribution in [2.75, 3.05) is 19.6 Å². The number of rotatable bonds is 3. The highest BCUT2D eigenvalue weighted by molar-refractivity contribution is 5.05. The summed E-state index contributed by atoms with van der Waals surface area (Å²) in [4.78, 5) is 6.22. The highest BCUT2D eigenvalue weighted by Gasteiger charge is 1.89. The lowest BCUT2D eigenvalue weighted by Crippen LogP contribution is -2.21. The van der Waals surface area contributed by atoms with Crippen LogP contribution in [0.2, 0.25) is 0 Å². The summed E-state index contributed by atoms with van der Waals surface area (Å²) in [7, 11) is 0. The van der Waals surface area contributed by atoms with E-state index in [9.17, 15) is 0 Å². The van der Waals surface area contributed by atoms with Gasteiger partial charge >= 0.3 is 0 Å². The number of hydrogen-bond donors (Lipinski definition) is 0. The van der Waals surface area contributed by atoms with E-state index in [-0.39, 0.29) is 0 Å². The van der Waals surface area contributed by atoms with Crippen molar-refractivity contribution < 1.29 is 0 Å². The van der Waals surface area contributed by atoms with Crippen LogP contribution in [-0.2, 0) is 0 Å². The summed E-state index contributed by atoms with van der Waals surface area (Å²) >= 11 is 0. The Kier molecular flexibility index (Phi) is 8.14. The smallest absolute Gasteiger partial charge is 0.0270 e. The maximum Gasteiger partial charge on any atom is 0.0270 e. The van der Waals surface area contributed by atoms with Crippen LogP contribution in [0.5, 0.6) is 0 Å². The highest BCUT2D eigenvalue weighted by atomic mass is 15.1. The minimum atomic E-state index is 1.19. The molecular formula is C12H22N2. The molecule has 2 nitrogen and oxygen atoms in total. The van der Waals surface area contributed by atoms with Crippen molar-refractivity contribution >= 4 is 0 Å². The molecule has 0 aliphatic rings. The first kappa shape index (κ1) is 13.1. The zero-order valence-corrected chi connectivity index (χ0v) is 9.83. The highest BCUT2D eigenvalue weighted by Crippen LogP contribution is 1.88. The first-order chi connectivity index (χ1) is 6.74. The molecule has 0 saturated carbocycles. The van der Waals surface area contributed by atoms with E-state index in [1.54, 1.807) is 12.4 Å². The van der Waals surface area contributed by atoms with E-state index in [0.717, 1.165) is 0 Å². The summed E-state index contributed by atoms with van der Waals surface area (Å²) in [6.07, 6.45) is 3.57. The van der Waals surface area contributed by atoms with E-state index in [2.05, 4.69) is 30.7 Å². The Hall–Kier alpha value is -0.890. The lowest BCUT2D eigenvalue weighted by molar-refractivity contribution is 0.321. The molecule has 0 fully saturated rings. The van der Waals surface area contributed by atoms with Gasteiger partial charge < -0.3 is 4.90 Å².